The Hall–Kier alpha value is -0.980. The first-order valence-corrected chi connectivity index (χ1v) is 8.58. The van der Waals surface area contributed by atoms with E-state index in [-0.39, 0.29) is 6.61 Å². The molecule has 2 fully saturated rings. The predicted molar refractivity (Wildman–Crippen MR) is 80.8 cm³/mol. The smallest absolute Gasteiger partial charge is 0.347 e. The number of aliphatic hydroxyl groups excluding tert-OH is 1. The third-order valence-electron chi connectivity index (χ3n) is 4.41. The Bertz CT molecular complexity index is 511. The second-order valence-electron chi connectivity index (χ2n) is 6.03. The van der Waals surface area contributed by atoms with Crippen LogP contribution >= 0.6 is 11.3 Å². The van der Waals surface area contributed by atoms with Crippen LogP contribution in [0.25, 0.3) is 0 Å². The molecule has 21 heavy (non-hydrogen) atoms. The molecule has 2 heterocycles. The molecule has 5 nitrogen and oxygen atoms in total. The summed E-state index contributed by atoms with van der Waals surface area (Å²) in [6.45, 7) is 1.96. The highest BCUT2D eigenvalue weighted by Gasteiger charge is 2.32. The SMILES string of the molecule is O=C(O)c1sc(CN2CCCCC2CCO)nc1C1CC1. The molecule has 1 aliphatic carbocycles. The van der Waals surface area contributed by atoms with Gasteiger partial charge in [-0.25, -0.2) is 9.78 Å². The zero-order valence-corrected chi connectivity index (χ0v) is 12.9. The lowest BCUT2D eigenvalue weighted by atomic mass is 10.00. The first kappa shape index (κ1) is 14.9. The Morgan fingerprint density at radius 2 is 2.14 bits per heavy atom. The average Bonchev–Trinajstić information content (AvgIpc) is 3.22. The van der Waals surface area contributed by atoms with E-state index in [1.54, 1.807) is 0 Å². The van der Waals surface area contributed by atoms with Gasteiger partial charge in [-0.2, -0.15) is 0 Å². The molecule has 1 aliphatic heterocycles. The fourth-order valence-corrected chi connectivity index (χ4v) is 4.16. The van der Waals surface area contributed by atoms with Crippen LogP contribution in [0, 0.1) is 0 Å². The van der Waals surface area contributed by atoms with Crippen LogP contribution in [0.2, 0.25) is 0 Å². The van der Waals surface area contributed by atoms with Gasteiger partial charge >= 0.3 is 5.97 Å². The van der Waals surface area contributed by atoms with Crippen LogP contribution in [0.5, 0.6) is 0 Å². The van der Waals surface area contributed by atoms with Crippen LogP contribution in [-0.4, -0.2) is 45.3 Å². The van der Waals surface area contributed by atoms with Crippen LogP contribution in [-0.2, 0) is 6.54 Å². The van der Waals surface area contributed by atoms with E-state index in [9.17, 15) is 15.0 Å². The zero-order valence-electron chi connectivity index (χ0n) is 12.1. The highest BCUT2D eigenvalue weighted by molar-refractivity contribution is 7.13. The third kappa shape index (κ3) is 3.44. The number of aliphatic hydroxyl groups is 1. The lowest BCUT2D eigenvalue weighted by molar-refractivity contribution is 0.0700. The number of thiazole rings is 1. The van der Waals surface area contributed by atoms with Crippen molar-refractivity contribution in [1.82, 2.24) is 9.88 Å². The van der Waals surface area contributed by atoms with Gasteiger partial charge < -0.3 is 10.2 Å². The molecule has 0 aromatic carbocycles. The Kier molecular flexibility index (Phi) is 4.57. The van der Waals surface area contributed by atoms with Gasteiger partial charge in [0.1, 0.15) is 9.88 Å². The van der Waals surface area contributed by atoms with E-state index >= 15 is 0 Å². The first-order chi connectivity index (χ1) is 10.2. The summed E-state index contributed by atoms with van der Waals surface area (Å²) in [5.41, 5.74) is 0.804. The number of aromatic carboxylic acids is 1. The Labute approximate surface area is 128 Å². The number of aromatic nitrogens is 1. The van der Waals surface area contributed by atoms with Crippen molar-refractivity contribution in [3.8, 4) is 0 Å². The monoisotopic (exact) mass is 310 g/mol. The molecular formula is C15H22N2O3S. The van der Waals surface area contributed by atoms with Crippen molar-refractivity contribution in [2.24, 2.45) is 0 Å². The lowest BCUT2D eigenvalue weighted by Crippen LogP contribution is -2.39. The summed E-state index contributed by atoms with van der Waals surface area (Å²) >= 11 is 1.33. The van der Waals surface area contributed by atoms with E-state index in [1.807, 2.05) is 0 Å². The number of hydrogen-bond acceptors (Lipinski definition) is 5. The number of carboxylic acid groups (broad SMARTS) is 1. The maximum absolute atomic E-state index is 11.4. The molecule has 1 atom stereocenters. The molecule has 0 bridgehead atoms. The van der Waals surface area contributed by atoms with Crippen molar-refractivity contribution in [1.29, 1.82) is 0 Å². The number of rotatable bonds is 6. The minimum Gasteiger partial charge on any atom is -0.477 e. The minimum absolute atomic E-state index is 0.215. The second-order valence-corrected chi connectivity index (χ2v) is 7.12. The van der Waals surface area contributed by atoms with E-state index < -0.39 is 5.97 Å². The highest BCUT2D eigenvalue weighted by Crippen LogP contribution is 2.43. The highest BCUT2D eigenvalue weighted by atomic mass is 32.1. The quantitative estimate of drug-likeness (QED) is 0.844. The third-order valence-corrected chi connectivity index (χ3v) is 5.45. The maximum atomic E-state index is 11.4. The molecule has 2 N–H and O–H groups in total. The van der Waals surface area contributed by atoms with Crippen LogP contribution in [0.3, 0.4) is 0 Å². The van der Waals surface area contributed by atoms with Gasteiger partial charge in [-0.1, -0.05) is 6.42 Å². The van der Waals surface area contributed by atoms with Crippen LogP contribution in [0.4, 0.5) is 0 Å². The number of hydrogen-bond donors (Lipinski definition) is 2. The van der Waals surface area contributed by atoms with Crippen LogP contribution in [0.15, 0.2) is 0 Å². The van der Waals surface area contributed by atoms with Gasteiger partial charge in [0.15, 0.2) is 0 Å². The summed E-state index contributed by atoms with van der Waals surface area (Å²) in [5, 5.41) is 19.4. The minimum atomic E-state index is -0.841. The Balaban J connectivity index is 1.74. The normalized spacial score (nSPS) is 23.4. The first-order valence-electron chi connectivity index (χ1n) is 7.77. The van der Waals surface area contributed by atoms with E-state index in [2.05, 4.69) is 9.88 Å². The summed E-state index contributed by atoms with van der Waals surface area (Å²) in [4.78, 5) is 18.8. The van der Waals surface area contributed by atoms with E-state index in [0.29, 0.717) is 16.8 Å². The van der Waals surface area contributed by atoms with Gasteiger partial charge in [-0.15, -0.1) is 11.3 Å². The zero-order chi connectivity index (χ0) is 14.8. The molecule has 6 heteroatoms. The standard InChI is InChI=1S/C15H22N2O3S/c18-8-6-11-3-1-2-7-17(11)9-12-16-13(10-4-5-10)14(21-12)15(19)20/h10-11,18H,1-9H2,(H,19,20). The van der Waals surface area contributed by atoms with E-state index in [1.165, 1.54) is 24.2 Å². The van der Waals surface area contributed by atoms with E-state index in [4.69, 9.17) is 0 Å². The van der Waals surface area contributed by atoms with Gasteiger partial charge in [-0.05, 0) is 38.6 Å². The molecule has 0 spiro atoms. The van der Waals surface area contributed by atoms with Crippen molar-refractivity contribution in [3.05, 3.63) is 15.6 Å². The molecule has 1 aromatic heterocycles. The van der Waals surface area contributed by atoms with Gasteiger partial charge in [0, 0.05) is 18.6 Å². The number of piperidine rings is 1. The number of carbonyl (C=O) groups is 1. The number of carboxylic acids is 1. The summed E-state index contributed by atoms with van der Waals surface area (Å²) in [6.07, 6.45) is 6.45. The average molecular weight is 310 g/mol. The van der Waals surface area contributed by atoms with Crippen molar-refractivity contribution < 1.29 is 15.0 Å². The van der Waals surface area contributed by atoms with Crippen molar-refractivity contribution >= 4 is 17.3 Å². The molecule has 1 unspecified atom stereocenters. The summed E-state index contributed by atoms with van der Waals surface area (Å²) < 4.78 is 0. The summed E-state index contributed by atoms with van der Waals surface area (Å²) in [7, 11) is 0. The molecule has 1 aromatic rings. The fourth-order valence-electron chi connectivity index (χ4n) is 3.15. The van der Waals surface area contributed by atoms with Crippen LogP contribution < -0.4 is 0 Å². The molecule has 0 radical (unpaired) electrons. The molecule has 3 rings (SSSR count). The van der Waals surface area contributed by atoms with Crippen molar-refractivity contribution in [3.63, 3.8) is 0 Å². The number of likely N-dealkylation sites (tertiary alicyclic amines) is 1. The Morgan fingerprint density at radius 1 is 1.33 bits per heavy atom. The topological polar surface area (TPSA) is 73.7 Å². The summed E-state index contributed by atoms with van der Waals surface area (Å²) in [6, 6.07) is 0.408. The largest absolute Gasteiger partial charge is 0.477 e. The molecule has 116 valence electrons. The molecular weight excluding hydrogens is 288 g/mol. The van der Waals surface area contributed by atoms with Crippen LogP contribution in [0.1, 0.15) is 64.8 Å². The van der Waals surface area contributed by atoms with E-state index in [0.717, 1.165) is 49.5 Å². The van der Waals surface area contributed by atoms with Gasteiger partial charge in [0.05, 0.1) is 12.2 Å². The second kappa shape index (κ2) is 6.42. The summed E-state index contributed by atoms with van der Waals surface area (Å²) in [5.74, 6) is -0.470. The molecule has 1 saturated heterocycles. The van der Waals surface area contributed by atoms with Gasteiger partial charge in [0.25, 0.3) is 0 Å². The Morgan fingerprint density at radius 3 is 2.81 bits per heavy atom. The van der Waals surface area contributed by atoms with Gasteiger partial charge in [-0.3, -0.25) is 4.90 Å². The number of nitrogens with zero attached hydrogens (tertiary/aromatic N) is 2. The van der Waals surface area contributed by atoms with Crippen molar-refractivity contribution in [2.75, 3.05) is 13.2 Å². The fraction of sp³-hybridized carbons (Fsp3) is 0.733. The predicted octanol–water partition coefficient (Wildman–Crippen LogP) is 2.46. The molecule has 1 saturated carbocycles. The maximum Gasteiger partial charge on any atom is 0.347 e. The molecule has 0 amide bonds. The van der Waals surface area contributed by atoms with Crippen molar-refractivity contribution in [2.45, 2.75) is 57.0 Å². The van der Waals surface area contributed by atoms with Gasteiger partial charge in [0.2, 0.25) is 0 Å². The molecule has 2 aliphatic rings. The lowest BCUT2D eigenvalue weighted by Gasteiger charge is -2.34.